The van der Waals surface area contributed by atoms with Crippen molar-refractivity contribution in [2.75, 3.05) is 9.80 Å². The Morgan fingerprint density at radius 2 is 1.51 bits per heavy atom. The zero-order valence-electron chi connectivity index (χ0n) is 27.6. The van der Waals surface area contributed by atoms with Crippen molar-refractivity contribution in [3.05, 3.63) is 131 Å². The molecule has 10 heteroatoms. The third kappa shape index (κ3) is 4.96. The molecular weight excluding hydrogens is 648 g/mol. The largest absolute Gasteiger partial charge is 0.508 e. The first kappa shape index (κ1) is 32.2. The van der Waals surface area contributed by atoms with Gasteiger partial charge in [-0.05, 0) is 67.6 Å². The van der Waals surface area contributed by atoms with Crippen molar-refractivity contribution in [2.45, 2.75) is 32.3 Å². The normalized spacial score (nSPS) is 26.8. The maximum Gasteiger partial charge on any atom is 0.335 e. The van der Waals surface area contributed by atoms with Gasteiger partial charge in [-0.2, -0.15) is 0 Å². The average Bonchev–Trinajstić information content (AvgIpc) is 3.51. The Morgan fingerprint density at radius 3 is 2.22 bits per heavy atom. The molecule has 0 aromatic heterocycles. The lowest BCUT2D eigenvalue weighted by atomic mass is 9.51. The number of fused-ring (bicyclic) bond motifs is 4. The van der Waals surface area contributed by atoms with Gasteiger partial charge >= 0.3 is 5.97 Å². The van der Waals surface area contributed by atoms with Gasteiger partial charge < -0.3 is 14.9 Å². The predicted molar refractivity (Wildman–Crippen MR) is 186 cm³/mol. The van der Waals surface area contributed by atoms with Crippen LogP contribution >= 0.6 is 0 Å². The minimum absolute atomic E-state index is 0.0574. The lowest BCUT2D eigenvalue weighted by Crippen LogP contribution is -2.48. The van der Waals surface area contributed by atoms with Crippen LogP contribution in [0.3, 0.4) is 0 Å². The highest BCUT2D eigenvalue weighted by molar-refractivity contribution is 6.25. The first-order chi connectivity index (χ1) is 24.6. The molecule has 51 heavy (non-hydrogen) atoms. The van der Waals surface area contributed by atoms with Crippen molar-refractivity contribution in [1.82, 2.24) is 0 Å². The van der Waals surface area contributed by atoms with Gasteiger partial charge in [-0.3, -0.25) is 24.1 Å². The van der Waals surface area contributed by atoms with Crippen LogP contribution in [0.5, 0.6) is 11.5 Å². The molecule has 2 saturated heterocycles. The molecule has 6 unspecified atom stereocenters. The van der Waals surface area contributed by atoms with E-state index in [9.17, 15) is 34.2 Å². The minimum atomic E-state index is -1.33. The fourth-order valence-corrected chi connectivity index (χ4v) is 8.81. The summed E-state index contributed by atoms with van der Waals surface area (Å²) in [6.07, 6.45) is 2.26. The molecule has 0 radical (unpaired) electrons. The smallest absolute Gasteiger partial charge is 0.335 e. The number of hydrogen-bond donors (Lipinski definition) is 2. The molecule has 2 N–H and O–H groups in total. The van der Waals surface area contributed by atoms with Gasteiger partial charge in [-0.15, -0.1) is 0 Å². The fraction of sp³-hybridized carbons (Fsp3) is 0.244. The Balaban J connectivity index is 1.21. The van der Waals surface area contributed by atoms with Gasteiger partial charge in [0.2, 0.25) is 23.6 Å². The van der Waals surface area contributed by atoms with Gasteiger partial charge in [-0.1, -0.05) is 72.3 Å². The van der Waals surface area contributed by atoms with E-state index in [1.54, 1.807) is 49.4 Å². The summed E-state index contributed by atoms with van der Waals surface area (Å²) in [5, 5.41) is 21.2. The first-order valence-corrected chi connectivity index (χ1v) is 16.9. The van der Waals surface area contributed by atoms with Crippen LogP contribution in [-0.2, 0) is 25.8 Å². The van der Waals surface area contributed by atoms with Crippen LogP contribution < -0.4 is 14.5 Å². The van der Waals surface area contributed by atoms with Crippen molar-refractivity contribution in [3.63, 3.8) is 0 Å². The van der Waals surface area contributed by atoms with E-state index in [0.717, 1.165) is 16.0 Å². The Kier molecular flexibility index (Phi) is 7.63. The summed E-state index contributed by atoms with van der Waals surface area (Å²) in [4.78, 5) is 71.3. The molecule has 256 valence electrons. The number of anilines is 2. The van der Waals surface area contributed by atoms with Gasteiger partial charge in [0.05, 0.1) is 40.1 Å². The zero-order chi connectivity index (χ0) is 35.6. The van der Waals surface area contributed by atoms with Gasteiger partial charge in [0.15, 0.2) is 0 Å². The number of carbonyl (C=O) groups is 5. The van der Waals surface area contributed by atoms with E-state index in [0.29, 0.717) is 17.0 Å². The molecule has 10 nitrogen and oxygen atoms in total. The number of amides is 4. The summed E-state index contributed by atoms with van der Waals surface area (Å²) in [7, 11) is 0. The Morgan fingerprint density at radius 1 is 0.804 bits per heavy atom. The maximum atomic E-state index is 14.6. The summed E-state index contributed by atoms with van der Waals surface area (Å²) in [6, 6.07) is 29.0. The number of phenols is 1. The molecule has 6 atom stereocenters. The summed E-state index contributed by atoms with van der Waals surface area (Å²) >= 11 is 0. The van der Waals surface area contributed by atoms with E-state index < -0.39 is 64.6 Å². The minimum Gasteiger partial charge on any atom is -0.508 e. The zero-order valence-corrected chi connectivity index (χ0v) is 27.6. The monoisotopic (exact) mass is 682 g/mol. The molecule has 2 heterocycles. The number of imide groups is 2. The number of carboxylic acid groups (broad SMARTS) is 1. The summed E-state index contributed by atoms with van der Waals surface area (Å²) in [5.41, 5.74) is 1.31. The molecule has 2 aliphatic carbocycles. The topological polar surface area (TPSA) is 142 Å². The van der Waals surface area contributed by atoms with Gasteiger partial charge in [0.1, 0.15) is 18.1 Å². The number of allylic oxidation sites excluding steroid dienone is 2. The molecule has 2 aliphatic heterocycles. The second-order valence-electron chi connectivity index (χ2n) is 13.9. The first-order valence-electron chi connectivity index (χ1n) is 16.9. The standard InChI is InChI=1S/C41H34N2O8/c1-41-32(37(46)43(40(41)50)25-12-6-3-7-13-25)21-31-28(35(41)29-16-15-27(20-33(29)44)51-22-23-9-4-2-5-10-23)17-18-30-34(31)38(47)42(36(30)45)26-14-8-11-24(19-26)39(48)49/h2-17,19-20,30-32,34-35,44H,18,21-22H2,1H3,(H,48,49). The van der Waals surface area contributed by atoms with Crippen LogP contribution in [0, 0.1) is 29.1 Å². The number of aromatic hydroxyl groups is 1. The predicted octanol–water partition coefficient (Wildman–Crippen LogP) is 6.10. The van der Waals surface area contributed by atoms with Crippen molar-refractivity contribution in [3.8, 4) is 11.5 Å². The van der Waals surface area contributed by atoms with Crippen molar-refractivity contribution in [2.24, 2.45) is 29.1 Å². The number of para-hydroxylation sites is 1. The lowest BCUT2D eigenvalue weighted by molar-refractivity contribution is -0.131. The molecule has 4 amide bonds. The number of hydrogen-bond acceptors (Lipinski definition) is 7. The summed E-state index contributed by atoms with van der Waals surface area (Å²) in [6.45, 7) is 2.04. The highest BCUT2D eigenvalue weighted by Gasteiger charge is 2.68. The second-order valence-corrected chi connectivity index (χ2v) is 13.9. The van der Waals surface area contributed by atoms with Crippen molar-refractivity contribution in [1.29, 1.82) is 0 Å². The molecule has 8 rings (SSSR count). The Labute approximate surface area is 293 Å². The maximum absolute atomic E-state index is 14.6. The van der Waals surface area contributed by atoms with Crippen LogP contribution in [0.25, 0.3) is 0 Å². The van der Waals surface area contributed by atoms with Crippen LogP contribution in [-0.4, -0.2) is 39.8 Å². The number of rotatable bonds is 7. The Hall–Kier alpha value is -6.03. The number of aromatic carboxylic acids is 1. The van der Waals surface area contributed by atoms with E-state index in [1.165, 1.54) is 35.2 Å². The van der Waals surface area contributed by atoms with Crippen LogP contribution in [0.2, 0.25) is 0 Å². The summed E-state index contributed by atoms with van der Waals surface area (Å²) in [5.74, 6) is -6.44. The number of phenolic OH excluding ortho intramolecular Hbond substituents is 1. The number of carboxylic acids is 1. The highest BCUT2D eigenvalue weighted by Crippen LogP contribution is 2.64. The average molecular weight is 683 g/mol. The van der Waals surface area contributed by atoms with E-state index >= 15 is 0 Å². The van der Waals surface area contributed by atoms with Crippen LogP contribution in [0.1, 0.15) is 47.2 Å². The fourth-order valence-electron chi connectivity index (χ4n) is 8.81. The number of nitrogens with zero attached hydrogens (tertiary/aromatic N) is 2. The third-order valence-corrected chi connectivity index (χ3v) is 11.2. The third-order valence-electron chi connectivity index (χ3n) is 11.2. The number of carbonyl (C=O) groups excluding carboxylic acids is 4. The van der Waals surface area contributed by atoms with E-state index in [1.807, 2.05) is 36.4 Å². The molecule has 4 aromatic carbocycles. The molecular formula is C41H34N2O8. The second kappa shape index (κ2) is 12.1. The molecule has 1 saturated carbocycles. The highest BCUT2D eigenvalue weighted by atomic mass is 16.5. The summed E-state index contributed by atoms with van der Waals surface area (Å²) < 4.78 is 5.98. The van der Waals surface area contributed by atoms with Gasteiger partial charge in [-0.25, -0.2) is 9.69 Å². The SMILES string of the molecule is CC12C(=O)N(c3ccccc3)C(=O)C1CC1C(=CCC3C(=O)N(c4cccc(C(=O)O)c4)C(=O)C31)C2c1ccc(OCc2ccccc2)cc1O. The van der Waals surface area contributed by atoms with Crippen molar-refractivity contribution >= 4 is 41.0 Å². The molecule has 4 aliphatic rings. The van der Waals surface area contributed by atoms with Gasteiger partial charge in [0, 0.05) is 17.5 Å². The van der Waals surface area contributed by atoms with Crippen LogP contribution in [0.4, 0.5) is 11.4 Å². The molecule has 4 aromatic rings. The molecule has 3 fully saturated rings. The number of benzene rings is 4. The van der Waals surface area contributed by atoms with E-state index in [2.05, 4.69) is 0 Å². The lowest BCUT2D eigenvalue weighted by Gasteiger charge is -2.49. The van der Waals surface area contributed by atoms with Crippen molar-refractivity contribution < 1.29 is 38.9 Å². The quantitative estimate of drug-likeness (QED) is 0.176. The Bertz CT molecular complexity index is 2150. The van der Waals surface area contributed by atoms with Crippen LogP contribution in [0.15, 0.2) is 115 Å². The van der Waals surface area contributed by atoms with E-state index in [4.69, 9.17) is 4.74 Å². The van der Waals surface area contributed by atoms with E-state index in [-0.39, 0.29) is 36.4 Å². The molecule has 0 spiro atoms. The van der Waals surface area contributed by atoms with Gasteiger partial charge in [0.25, 0.3) is 0 Å². The molecule has 0 bridgehead atoms. The number of ether oxygens (including phenoxy) is 1.